The van der Waals surface area contributed by atoms with E-state index in [1.807, 2.05) is 18.2 Å². The first-order valence-corrected chi connectivity index (χ1v) is 6.20. The summed E-state index contributed by atoms with van der Waals surface area (Å²) in [4.78, 5) is 0. The van der Waals surface area contributed by atoms with E-state index >= 15 is 0 Å². The Morgan fingerprint density at radius 1 is 0.875 bits per heavy atom. The van der Waals surface area contributed by atoms with Crippen molar-refractivity contribution in [3.63, 3.8) is 0 Å². The van der Waals surface area contributed by atoms with E-state index < -0.39 is 0 Å². The van der Waals surface area contributed by atoms with Gasteiger partial charge >= 0.3 is 0 Å². The van der Waals surface area contributed by atoms with E-state index in [0.717, 1.165) is 44.0 Å². The predicted molar refractivity (Wildman–Crippen MR) is 67.4 cm³/mol. The Morgan fingerprint density at radius 3 is 1.75 bits per heavy atom. The lowest BCUT2D eigenvalue weighted by atomic mass is 10.1. The van der Waals surface area contributed by atoms with Crippen LogP contribution in [-0.4, -0.2) is 13.2 Å². The van der Waals surface area contributed by atoms with Gasteiger partial charge in [0.05, 0.1) is 13.2 Å². The Labute approximate surface area is 98.6 Å². The van der Waals surface area contributed by atoms with Crippen molar-refractivity contribution in [3.05, 3.63) is 23.8 Å². The van der Waals surface area contributed by atoms with Crippen molar-refractivity contribution in [2.24, 2.45) is 0 Å². The molecule has 90 valence electrons. The normalized spacial score (nSPS) is 10.2. The van der Waals surface area contributed by atoms with Crippen molar-refractivity contribution in [1.82, 2.24) is 0 Å². The number of rotatable bonds is 7. The predicted octanol–water partition coefficient (Wildman–Crippen LogP) is 3.83. The number of hydrogen-bond donors (Lipinski definition) is 0. The van der Waals surface area contributed by atoms with Crippen LogP contribution in [0.25, 0.3) is 0 Å². The Kier molecular flexibility index (Phi) is 5.76. The van der Waals surface area contributed by atoms with Gasteiger partial charge in [0.25, 0.3) is 0 Å². The molecule has 0 N–H and O–H groups in total. The molecule has 1 rings (SSSR count). The maximum atomic E-state index is 5.72. The topological polar surface area (TPSA) is 18.5 Å². The van der Waals surface area contributed by atoms with Gasteiger partial charge in [0, 0.05) is 5.56 Å². The molecule has 0 radical (unpaired) electrons. The van der Waals surface area contributed by atoms with Gasteiger partial charge in [-0.05, 0) is 31.4 Å². The molecule has 0 amide bonds. The van der Waals surface area contributed by atoms with E-state index in [1.165, 1.54) is 5.56 Å². The molecular formula is C14H22O2. The second-order valence-corrected chi connectivity index (χ2v) is 3.78. The smallest absolute Gasteiger partial charge is 0.126 e. The highest BCUT2D eigenvalue weighted by Crippen LogP contribution is 2.29. The van der Waals surface area contributed by atoms with E-state index in [2.05, 4.69) is 20.8 Å². The first-order chi connectivity index (χ1) is 7.83. The molecule has 1 aromatic carbocycles. The zero-order valence-electron chi connectivity index (χ0n) is 10.6. The molecule has 0 bridgehead atoms. The standard InChI is InChI=1S/C14H22O2/c1-4-10-15-13-8-7-9-14(12(13)6-3)16-11-5-2/h7-9H,4-6,10-11H2,1-3H3. The van der Waals surface area contributed by atoms with Gasteiger partial charge in [0.15, 0.2) is 0 Å². The molecule has 0 aliphatic carbocycles. The Bertz CT molecular complexity index is 281. The summed E-state index contributed by atoms with van der Waals surface area (Å²) in [6.45, 7) is 7.90. The summed E-state index contributed by atoms with van der Waals surface area (Å²) in [5.41, 5.74) is 1.18. The zero-order valence-corrected chi connectivity index (χ0v) is 10.6. The molecular weight excluding hydrogens is 200 g/mol. The Balaban J connectivity index is 2.82. The molecule has 0 heterocycles. The third-order valence-electron chi connectivity index (χ3n) is 2.37. The number of ether oxygens (including phenoxy) is 2. The molecule has 0 aliphatic heterocycles. The minimum Gasteiger partial charge on any atom is -0.493 e. The first kappa shape index (κ1) is 12.9. The summed E-state index contributed by atoms with van der Waals surface area (Å²) in [5, 5.41) is 0. The van der Waals surface area contributed by atoms with Gasteiger partial charge in [-0.2, -0.15) is 0 Å². The fourth-order valence-electron chi connectivity index (χ4n) is 1.59. The zero-order chi connectivity index (χ0) is 11.8. The molecule has 0 fully saturated rings. The van der Waals surface area contributed by atoms with Gasteiger partial charge in [-0.25, -0.2) is 0 Å². The molecule has 0 spiro atoms. The Hall–Kier alpha value is -1.18. The lowest BCUT2D eigenvalue weighted by Crippen LogP contribution is -2.02. The average Bonchev–Trinajstić information content (AvgIpc) is 2.33. The van der Waals surface area contributed by atoms with Gasteiger partial charge in [0.1, 0.15) is 11.5 Å². The lowest BCUT2D eigenvalue weighted by Gasteiger charge is -2.14. The van der Waals surface area contributed by atoms with Gasteiger partial charge in [-0.1, -0.05) is 26.8 Å². The maximum absolute atomic E-state index is 5.72. The van der Waals surface area contributed by atoms with Gasteiger partial charge in [-0.15, -0.1) is 0 Å². The van der Waals surface area contributed by atoms with Crippen LogP contribution in [0.15, 0.2) is 18.2 Å². The third kappa shape index (κ3) is 3.44. The molecule has 0 aliphatic rings. The van der Waals surface area contributed by atoms with Gasteiger partial charge in [0.2, 0.25) is 0 Å². The SMILES string of the molecule is CCCOc1cccc(OCCC)c1CC. The van der Waals surface area contributed by atoms with Crippen LogP contribution in [0.3, 0.4) is 0 Å². The summed E-state index contributed by atoms with van der Waals surface area (Å²) in [6, 6.07) is 6.04. The molecule has 0 aromatic heterocycles. The first-order valence-electron chi connectivity index (χ1n) is 6.20. The third-order valence-corrected chi connectivity index (χ3v) is 2.37. The highest BCUT2D eigenvalue weighted by Gasteiger charge is 2.08. The van der Waals surface area contributed by atoms with E-state index in [9.17, 15) is 0 Å². The van der Waals surface area contributed by atoms with Crippen LogP contribution in [0.4, 0.5) is 0 Å². The summed E-state index contributed by atoms with van der Waals surface area (Å²) in [6.07, 6.45) is 3.01. The van der Waals surface area contributed by atoms with Gasteiger partial charge in [-0.3, -0.25) is 0 Å². The molecule has 1 aromatic rings. The maximum Gasteiger partial charge on any atom is 0.126 e. The highest BCUT2D eigenvalue weighted by molar-refractivity contribution is 5.44. The molecule has 2 nitrogen and oxygen atoms in total. The van der Waals surface area contributed by atoms with Crippen LogP contribution in [0.5, 0.6) is 11.5 Å². The van der Waals surface area contributed by atoms with Crippen molar-refractivity contribution in [1.29, 1.82) is 0 Å². The summed E-state index contributed by atoms with van der Waals surface area (Å²) in [7, 11) is 0. The van der Waals surface area contributed by atoms with Crippen LogP contribution in [0, 0.1) is 0 Å². The fourth-order valence-corrected chi connectivity index (χ4v) is 1.59. The minimum absolute atomic E-state index is 0.768. The van der Waals surface area contributed by atoms with Crippen molar-refractivity contribution in [2.45, 2.75) is 40.0 Å². The molecule has 0 atom stereocenters. The summed E-state index contributed by atoms with van der Waals surface area (Å²) in [5.74, 6) is 1.94. The molecule has 0 unspecified atom stereocenters. The van der Waals surface area contributed by atoms with E-state index in [-0.39, 0.29) is 0 Å². The molecule has 16 heavy (non-hydrogen) atoms. The van der Waals surface area contributed by atoms with Crippen molar-refractivity contribution in [3.8, 4) is 11.5 Å². The monoisotopic (exact) mass is 222 g/mol. The second-order valence-electron chi connectivity index (χ2n) is 3.78. The van der Waals surface area contributed by atoms with E-state index in [4.69, 9.17) is 9.47 Å². The van der Waals surface area contributed by atoms with Crippen molar-refractivity contribution in [2.75, 3.05) is 13.2 Å². The van der Waals surface area contributed by atoms with E-state index in [1.54, 1.807) is 0 Å². The minimum atomic E-state index is 0.768. The van der Waals surface area contributed by atoms with Crippen LogP contribution in [-0.2, 0) is 6.42 Å². The quantitative estimate of drug-likeness (QED) is 0.698. The molecule has 2 heteroatoms. The summed E-state index contributed by atoms with van der Waals surface area (Å²) < 4.78 is 11.4. The Morgan fingerprint density at radius 2 is 1.38 bits per heavy atom. The molecule has 0 saturated heterocycles. The van der Waals surface area contributed by atoms with Crippen LogP contribution >= 0.6 is 0 Å². The van der Waals surface area contributed by atoms with Crippen LogP contribution in [0.1, 0.15) is 39.2 Å². The number of benzene rings is 1. The lowest BCUT2D eigenvalue weighted by molar-refractivity contribution is 0.296. The highest BCUT2D eigenvalue weighted by atomic mass is 16.5. The van der Waals surface area contributed by atoms with Crippen molar-refractivity contribution < 1.29 is 9.47 Å². The number of hydrogen-bond acceptors (Lipinski definition) is 2. The fraction of sp³-hybridized carbons (Fsp3) is 0.571. The average molecular weight is 222 g/mol. The van der Waals surface area contributed by atoms with Crippen LogP contribution < -0.4 is 9.47 Å². The molecule has 0 saturated carbocycles. The second kappa shape index (κ2) is 7.15. The largest absolute Gasteiger partial charge is 0.493 e. The van der Waals surface area contributed by atoms with E-state index in [0.29, 0.717) is 0 Å². The van der Waals surface area contributed by atoms with Gasteiger partial charge < -0.3 is 9.47 Å². The van der Waals surface area contributed by atoms with Crippen LogP contribution in [0.2, 0.25) is 0 Å². The summed E-state index contributed by atoms with van der Waals surface area (Å²) >= 11 is 0. The van der Waals surface area contributed by atoms with Crippen molar-refractivity contribution >= 4 is 0 Å².